The second kappa shape index (κ2) is 17.0. The minimum Gasteiger partial charge on any atom is -0.494 e. The maximum Gasteiger partial charge on any atom is 0.305 e. The summed E-state index contributed by atoms with van der Waals surface area (Å²) in [6.45, 7) is 1.90. The molecule has 314 valence electrons. The van der Waals surface area contributed by atoms with E-state index >= 15 is 0 Å². The van der Waals surface area contributed by atoms with Gasteiger partial charge in [0.05, 0.1) is 62.5 Å². The number of methoxy groups -OCH3 is 3. The molecule has 4 aliphatic rings. The van der Waals surface area contributed by atoms with Crippen molar-refractivity contribution in [1.29, 1.82) is 0 Å². The topological polar surface area (TPSA) is 137 Å². The lowest BCUT2D eigenvalue weighted by molar-refractivity contribution is -0.140. The van der Waals surface area contributed by atoms with Gasteiger partial charge in [-0.25, -0.2) is 0 Å². The van der Waals surface area contributed by atoms with Crippen LogP contribution >= 0.6 is 0 Å². The molecule has 9 rings (SSSR count). The van der Waals surface area contributed by atoms with Crippen LogP contribution in [0.3, 0.4) is 0 Å². The van der Waals surface area contributed by atoms with Gasteiger partial charge in [0.2, 0.25) is 0 Å². The Hall–Kier alpha value is -6.89. The summed E-state index contributed by atoms with van der Waals surface area (Å²) < 4.78 is 35.4. The summed E-state index contributed by atoms with van der Waals surface area (Å²) in [5, 5.41) is 6.99. The van der Waals surface area contributed by atoms with Crippen LogP contribution in [-0.4, -0.2) is 70.9 Å². The molecule has 0 saturated carbocycles. The normalized spacial score (nSPS) is 16.9. The van der Waals surface area contributed by atoms with Crippen molar-refractivity contribution in [3.05, 3.63) is 124 Å². The van der Waals surface area contributed by atoms with Crippen LogP contribution in [0.15, 0.2) is 91.0 Å². The van der Waals surface area contributed by atoms with Crippen molar-refractivity contribution in [3.8, 4) is 28.7 Å². The number of nitrogens with one attached hydrogen (secondary N) is 2. The van der Waals surface area contributed by atoms with E-state index in [0.717, 1.165) is 46.5 Å². The third-order valence-corrected chi connectivity index (χ3v) is 11.8. The summed E-state index contributed by atoms with van der Waals surface area (Å²) in [5.74, 6) is 2.04. The highest BCUT2D eigenvalue weighted by Crippen LogP contribution is 2.42. The first-order valence-corrected chi connectivity index (χ1v) is 20.6. The quantitative estimate of drug-likeness (QED) is 0.0848. The maximum atomic E-state index is 14.0. The Balaban J connectivity index is 0.944. The van der Waals surface area contributed by atoms with Crippen LogP contribution in [0.25, 0.3) is 0 Å². The van der Waals surface area contributed by atoms with E-state index < -0.39 is 0 Å². The summed E-state index contributed by atoms with van der Waals surface area (Å²) in [6, 6.07) is 29.0. The molecule has 0 fully saturated rings. The van der Waals surface area contributed by atoms with Crippen molar-refractivity contribution < 1.29 is 42.8 Å². The van der Waals surface area contributed by atoms with Crippen molar-refractivity contribution in [2.45, 2.75) is 57.4 Å². The Labute approximate surface area is 354 Å². The van der Waals surface area contributed by atoms with E-state index in [1.807, 2.05) is 76.5 Å². The number of para-hydroxylation sites is 2. The number of anilines is 4. The first kappa shape index (κ1) is 39.6. The highest BCUT2D eigenvalue weighted by Gasteiger charge is 2.39. The first-order chi connectivity index (χ1) is 29.8. The molecule has 0 radical (unpaired) electrons. The van der Waals surface area contributed by atoms with Gasteiger partial charge >= 0.3 is 5.97 Å². The average molecular weight is 825 g/mol. The van der Waals surface area contributed by atoms with Crippen LogP contribution in [0.4, 0.5) is 22.7 Å². The van der Waals surface area contributed by atoms with Crippen molar-refractivity contribution in [3.63, 3.8) is 0 Å². The smallest absolute Gasteiger partial charge is 0.305 e. The monoisotopic (exact) mass is 824 g/mol. The highest BCUT2D eigenvalue weighted by molar-refractivity contribution is 6.13. The molecule has 4 aliphatic heterocycles. The number of hydrogen-bond acceptors (Lipinski definition) is 11. The Bertz CT molecular complexity index is 2350. The molecule has 2 N–H and O–H groups in total. The molecule has 61 heavy (non-hydrogen) atoms. The molecule has 13 heteroatoms. The number of unbranched alkanes of at least 4 members (excludes halogenated alkanes) is 1. The molecule has 2 amide bonds. The number of rotatable bonds is 14. The van der Waals surface area contributed by atoms with Crippen LogP contribution in [0.5, 0.6) is 28.7 Å². The van der Waals surface area contributed by atoms with Crippen LogP contribution in [0.2, 0.25) is 0 Å². The molecule has 0 aromatic heterocycles. The van der Waals surface area contributed by atoms with Gasteiger partial charge in [0.15, 0.2) is 23.0 Å². The van der Waals surface area contributed by atoms with Gasteiger partial charge in [-0.15, -0.1) is 0 Å². The lowest BCUT2D eigenvalue weighted by atomic mass is 10.1. The van der Waals surface area contributed by atoms with Gasteiger partial charge in [0.25, 0.3) is 11.8 Å². The fourth-order valence-corrected chi connectivity index (χ4v) is 8.79. The van der Waals surface area contributed by atoms with Crippen LogP contribution < -0.4 is 44.1 Å². The van der Waals surface area contributed by atoms with E-state index in [1.165, 1.54) is 7.11 Å². The van der Waals surface area contributed by atoms with Crippen molar-refractivity contribution in [2.24, 2.45) is 0 Å². The fraction of sp³-hybridized carbons (Fsp3) is 0.312. The van der Waals surface area contributed by atoms with Gasteiger partial charge in [0, 0.05) is 43.0 Å². The van der Waals surface area contributed by atoms with Crippen molar-refractivity contribution >= 4 is 40.5 Å². The van der Waals surface area contributed by atoms with E-state index in [1.54, 1.807) is 26.4 Å². The fourth-order valence-electron chi connectivity index (χ4n) is 8.79. The summed E-state index contributed by atoms with van der Waals surface area (Å²) >= 11 is 0. The number of esters is 1. The zero-order valence-electron chi connectivity index (χ0n) is 34.5. The Morgan fingerprint density at radius 1 is 0.623 bits per heavy atom. The molecule has 0 spiro atoms. The molecule has 0 bridgehead atoms. The molecule has 0 unspecified atom stereocenters. The Kier molecular flexibility index (Phi) is 11.0. The molecule has 2 atom stereocenters. The number of benzene rings is 5. The second-order valence-corrected chi connectivity index (χ2v) is 15.6. The minimum absolute atomic E-state index is 0.00286. The third-order valence-electron chi connectivity index (χ3n) is 11.8. The zero-order chi connectivity index (χ0) is 42.0. The predicted molar refractivity (Wildman–Crippen MR) is 231 cm³/mol. The summed E-state index contributed by atoms with van der Waals surface area (Å²) in [5.41, 5.74) is 8.22. The molecule has 0 saturated heterocycles. The van der Waals surface area contributed by atoms with Crippen molar-refractivity contribution in [2.75, 3.05) is 61.5 Å². The largest absolute Gasteiger partial charge is 0.494 e. The van der Waals surface area contributed by atoms with E-state index in [0.29, 0.717) is 90.2 Å². The predicted octanol–water partition coefficient (Wildman–Crippen LogP) is 7.58. The number of amides is 2. The van der Waals surface area contributed by atoms with E-state index in [4.69, 9.17) is 28.4 Å². The van der Waals surface area contributed by atoms with E-state index in [-0.39, 0.29) is 43.1 Å². The maximum absolute atomic E-state index is 14.0. The Morgan fingerprint density at radius 2 is 1.13 bits per heavy atom. The molecule has 13 nitrogen and oxygen atoms in total. The lowest BCUT2D eigenvalue weighted by Gasteiger charge is -2.23. The SMILES string of the molecule is COC(=O)CCCCOc1cc(COc2cc3c(cc2OC)C(=O)N2c4ccccc4C[C@H]2CN3)cc(COc2cc3c(cc2OC)C(=O)N2c4ccccc4C[C@H]2CN3)c1. The zero-order valence-corrected chi connectivity index (χ0v) is 34.5. The number of fused-ring (bicyclic) bond motifs is 8. The van der Waals surface area contributed by atoms with Crippen LogP contribution in [-0.2, 0) is 35.6 Å². The summed E-state index contributed by atoms with van der Waals surface area (Å²) in [7, 11) is 4.51. The van der Waals surface area contributed by atoms with Crippen LogP contribution in [0, 0.1) is 0 Å². The molecule has 5 aromatic rings. The number of carbonyl (C=O) groups is 3. The minimum atomic E-state index is -0.254. The van der Waals surface area contributed by atoms with Gasteiger partial charge in [-0.2, -0.15) is 0 Å². The summed E-state index contributed by atoms with van der Waals surface area (Å²) in [4.78, 5) is 43.4. The van der Waals surface area contributed by atoms with Gasteiger partial charge < -0.3 is 48.9 Å². The number of carbonyl (C=O) groups excluding carboxylic acids is 3. The highest BCUT2D eigenvalue weighted by atomic mass is 16.5. The third kappa shape index (κ3) is 7.83. The number of nitrogens with zero attached hydrogens (tertiary/aromatic N) is 2. The molecule has 5 aromatic carbocycles. The lowest BCUT2D eigenvalue weighted by Crippen LogP contribution is -2.39. The van der Waals surface area contributed by atoms with E-state index in [9.17, 15) is 14.4 Å². The molecular formula is C48H48N4O9. The molecule has 0 aliphatic carbocycles. The summed E-state index contributed by atoms with van der Waals surface area (Å²) in [6.07, 6.45) is 3.17. The van der Waals surface area contributed by atoms with Gasteiger partial charge in [0.1, 0.15) is 19.0 Å². The van der Waals surface area contributed by atoms with Crippen LogP contribution in [0.1, 0.15) is 62.2 Å². The standard InChI is InChI=1S/C48H48N4O9/c1-56-42-21-36-38(49-25-33-19-31-10-4-6-12-40(31)51(33)47(36)54)23-44(42)60-27-29-16-30(18-35(17-29)59-15-9-8-14-46(53)58-3)28-61-45-24-39-37(22-43(45)57-2)48(55)52-34(26-50-39)20-32-11-5-7-13-41(32)52/h4-7,10-13,16-18,21-24,33-34,49-50H,8-9,14-15,19-20,25-28H2,1-3H3/t33-,34-/m0/s1. The van der Waals surface area contributed by atoms with Gasteiger partial charge in [-0.05, 0) is 90.4 Å². The van der Waals surface area contributed by atoms with Gasteiger partial charge in [-0.3, -0.25) is 14.4 Å². The molecule has 4 heterocycles. The van der Waals surface area contributed by atoms with Crippen molar-refractivity contribution in [1.82, 2.24) is 0 Å². The Morgan fingerprint density at radius 3 is 1.62 bits per heavy atom. The number of hydrogen-bond donors (Lipinski definition) is 2. The number of ether oxygens (including phenoxy) is 6. The molecular weight excluding hydrogens is 777 g/mol. The average Bonchev–Trinajstić information content (AvgIpc) is 3.78. The van der Waals surface area contributed by atoms with E-state index in [2.05, 4.69) is 22.8 Å². The first-order valence-electron chi connectivity index (χ1n) is 20.6. The second-order valence-electron chi connectivity index (χ2n) is 15.6. The van der Waals surface area contributed by atoms with Gasteiger partial charge in [-0.1, -0.05) is 36.4 Å².